The highest BCUT2D eigenvalue weighted by Crippen LogP contribution is 2.31. The van der Waals surface area contributed by atoms with Gasteiger partial charge in [-0.25, -0.2) is 23.5 Å². The summed E-state index contributed by atoms with van der Waals surface area (Å²) in [6, 6.07) is 6.12. The maximum absolute atomic E-state index is 14.6. The van der Waals surface area contributed by atoms with Gasteiger partial charge in [-0.05, 0) is 187 Å². The monoisotopic (exact) mass is 1270 g/mol. The van der Waals surface area contributed by atoms with Crippen LogP contribution < -0.4 is 15.8 Å². The highest BCUT2D eigenvalue weighted by molar-refractivity contribution is 7.89. The summed E-state index contributed by atoms with van der Waals surface area (Å²) in [5.41, 5.74) is -6.77. The van der Waals surface area contributed by atoms with Gasteiger partial charge in [-0.1, -0.05) is 12.1 Å². The molecule has 2 aromatic heterocycles. The van der Waals surface area contributed by atoms with E-state index < -0.39 is 102 Å². The van der Waals surface area contributed by atoms with Gasteiger partial charge in [0, 0.05) is 80.9 Å². The fraction of sp³-hybridized carbons (Fsp3) is 0.688. The standard InChI is InChI=1S/C64H102N8O16S/c1-57(2,3)83-51(75)23-30-63(31-24-52(76)84-58(4,5)6,32-25-53(77)85-59(7,8)9)68-49(73)43-71-39-36-66-47(71)41-70(38-29-45-19-21-46(22-20-45)89(65,81)82)42-48-67-37-40-72(48)44-50(74)69-64(33-26-54(78)86-60(10,11)12,34-27-55(79)87-61(13,14)15)35-28-56(80)88-62(16,17)18/h19-22,36-37,39-40H,23-35,38,41-44H2,1-18H3,(H,68,73)(H,69,74)(H2,65,81,82). The molecule has 24 nitrogen and oxygen atoms in total. The van der Waals surface area contributed by atoms with Crippen molar-refractivity contribution in [3.8, 4) is 0 Å². The van der Waals surface area contributed by atoms with Gasteiger partial charge < -0.3 is 48.2 Å². The zero-order valence-corrected chi connectivity index (χ0v) is 56.9. The van der Waals surface area contributed by atoms with E-state index in [9.17, 15) is 46.8 Å². The highest BCUT2D eigenvalue weighted by Gasteiger charge is 2.38. The van der Waals surface area contributed by atoms with Gasteiger partial charge >= 0.3 is 35.8 Å². The Balaban J connectivity index is 2.09. The molecule has 0 spiro atoms. The largest absolute Gasteiger partial charge is 0.460 e. The molecule has 89 heavy (non-hydrogen) atoms. The average Bonchev–Trinajstić information content (AvgIpc) is 4.19. The van der Waals surface area contributed by atoms with Crippen LogP contribution in [0.3, 0.4) is 0 Å². The summed E-state index contributed by atoms with van der Waals surface area (Å²) in [6.45, 7) is 31.1. The first-order chi connectivity index (χ1) is 40.6. The number of amides is 2. The lowest BCUT2D eigenvalue weighted by Gasteiger charge is -2.36. The molecule has 3 aromatic rings. The molecule has 0 saturated carbocycles. The van der Waals surface area contributed by atoms with E-state index in [1.165, 1.54) is 24.5 Å². The minimum Gasteiger partial charge on any atom is -0.460 e. The molecule has 0 saturated heterocycles. The molecule has 0 bridgehead atoms. The van der Waals surface area contributed by atoms with Gasteiger partial charge in [0.1, 0.15) is 58.3 Å². The quantitative estimate of drug-likeness (QED) is 0.0390. The molecular weight excluding hydrogens is 1170 g/mol. The minimum absolute atomic E-state index is 0.00208. The predicted molar refractivity (Wildman–Crippen MR) is 332 cm³/mol. The van der Waals surface area contributed by atoms with Crippen molar-refractivity contribution in [2.24, 2.45) is 5.14 Å². The molecule has 0 radical (unpaired) electrons. The third kappa shape index (κ3) is 32.0. The predicted octanol–water partition coefficient (Wildman–Crippen LogP) is 8.41. The van der Waals surface area contributed by atoms with Crippen molar-refractivity contribution in [2.45, 2.75) is 284 Å². The Bertz CT molecular complexity index is 2660. The second kappa shape index (κ2) is 31.8. The third-order valence-electron chi connectivity index (χ3n) is 13.1. The van der Waals surface area contributed by atoms with E-state index in [0.29, 0.717) is 24.6 Å². The van der Waals surface area contributed by atoms with E-state index in [1.54, 1.807) is 158 Å². The number of rotatable bonds is 32. The van der Waals surface area contributed by atoms with Crippen LogP contribution in [0.5, 0.6) is 0 Å². The maximum Gasteiger partial charge on any atom is 0.306 e. The van der Waals surface area contributed by atoms with Crippen molar-refractivity contribution < 1.29 is 75.2 Å². The number of aromatic nitrogens is 4. The molecule has 0 unspecified atom stereocenters. The van der Waals surface area contributed by atoms with E-state index >= 15 is 0 Å². The van der Waals surface area contributed by atoms with Crippen molar-refractivity contribution >= 4 is 57.7 Å². The molecule has 2 amide bonds. The summed E-state index contributed by atoms with van der Waals surface area (Å²) in [5, 5.41) is 11.6. The smallest absolute Gasteiger partial charge is 0.306 e. The number of carbonyl (C=O) groups is 8. The van der Waals surface area contributed by atoms with Gasteiger partial charge in [0.25, 0.3) is 0 Å². The summed E-state index contributed by atoms with van der Waals surface area (Å²) in [7, 11) is -3.98. The first-order valence-electron chi connectivity index (χ1n) is 30.4. The molecule has 0 atom stereocenters. The number of nitrogens with two attached hydrogens (primary N) is 1. The second-order valence-corrected chi connectivity index (χ2v) is 30.3. The highest BCUT2D eigenvalue weighted by atomic mass is 32.2. The number of benzene rings is 1. The topological polar surface area (TPSA) is 315 Å². The van der Waals surface area contributed by atoms with Crippen molar-refractivity contribution in [1.82, 2.24) is 34.6 Å². The molecule has 0 aliphatic rings. The molecule has 500 valence electrons. The summed E-state index contributed by atoms with van der Waals surface area (Å²) >= 11 is 0. The number of carbonyl (C=O) groups excluding carboxylic acids is 8. The summed E-state index contributed by atoms with van der Waals surface area (Å²) in [5.74, 6) is -3.46. The van der Waals surface area contributed by atoms with E-state index in [1.807, 2.05) is 4.90 Å². The average molecular weight is 1270 g/mol. The summed E-state index contributed by atoms with van der Waals surface area (Å²) < 4.78 is 61.4. The van der Waals surface area contributed by atoms with Crippen LogP contribution in [-0.4, -0.2) is 131 Å². The van der Waals surface area contributed by atoms with E-state index in [2.05, 4.69) is 20.6 Å². The number of esters is 6. The van der Waals surface area contributed by atoms with Crippen LogP contribution in [0.25, 0.3) is 0 Å². The molecule has 25 heteroatoms. The van der Waals surface area contributed by atoms with E-state index in [0.717, 1.165) is 5.56 Å². The normalized spacial score (nSPS) is 12.9. The first-order valence-corrected chi connectivity index (χ1v) is 31.9. The van der Waals surface area contributed by atoms with Crippen LogP contribution in [0.4, 0.5) is 0 Å². The van der Waals surface area contributed by atoms with Gasteiger partial charge in [0.05, 0.1) is 18.0 Å². The first kappa shape index (κ1) is 76.5. The number of sulfonamides is 1. The Morgan fingerprint density at radius 3 is 0.944 bits per heavy atom. The molecule has 0 aliphatic heterocycles. The number of ether oxygens (including phenoxy) is 6. The van der Waals surface area contributed by atoms with Crippen molar-refractivity contribution in [3.05, 3.63) is 66.3 Å². The van der Waals surface area contributed by atoms with Crippen LogP contribution in [0.2, 0.25) is 0 Å². The molecular formula is C64H102N8O16S. The molecule has 2 heterocycles. The Morgan fingerprint density at radius 2 is 0.708 bits per heavy atom. The maximum atomic E-state index is 14.6. The van der Waals surface area contributed by atoms with Crippen molar-refractivity contribution in [2.75, 3.05) is 6.54 Å². The number of nitrogens with zero attached hydrogens (tertiary/aromatic N) is 5. The van der Waals surface area contributed by atoms with Gasteiger partial charge in [0.2, 0.25) is 21.8 Å². The van der Waals surface area contributed by atoms with Crippen LogP contribution in [0.15, 0.2) is 53.9 Å². The number of hydrogen-bond donors (Lipinski definition) is 3. The van der Waals surface area contributed by atoms with Gasteiger partial charge in [0.15, 0.2) is 0 Å². The number of hydrogen-bond acceptors (Lipinski definition) is 19. The van der Waals surface area contributed by atoms with Crippen LogP contribution >= 0.6 is 0 Å². The van der Waals surface area contributed by atoms with Gasteiger partial charge in [-0.2, -0.15) is 0 Å². The van der Waals surface area contributed by atoms with Gasteiger partial charge in [-0.15, -0.1) is 0 Å². The fourth-order valence-corrected chi connectivity index (χ4v) is 10.0. The van der Waals surface area contributed by atoms with Crippen LogP contribution in [-0.2, 0) is 109 Å². The van der Waals surface area contributed by atoms with Crippen LogP contribution in [0.1, 0.15) is 219 Å². The van der Waals surface area contributed by atoms with Crippen molar-refractivity contribution in [3.63, 3.8) is 0 Å². The number of primary sulfonamides is 1. The number of imidazole rings is 2. The summed E-state index contributed by atoms with van der Waals surface area (Å²) in [4.78, 5) is 120. The Hall–Kier alpha value is -6.73. The third-order valence-corrected chi connectivity index (χ3v) is 14.0. The van der Waals surface area contributed by atoms with Gasteiger partial charge in [-0.3, -0.25) is 43.3 Å². The minimum atomic E-state index is -3.98. The SMILES string of the molecule is CC(C)(C)OC(=O)CCC(CCC(=O)OC(C)(C)C)(CCC(=O)OC(C)(C)C)NC(=O)Cn1ccnc1CN(CCc1ccc(S(N)(=O)=O)cc1)Cc1nccn1CC(=O)NC(CCC(=O)OC(C)(C)C)(CCC(=O)OC(C)(C)C)CCC(=O)OC(C)(C)C. The molecule has 1 aromatic carbocycles. The van der Waals surface area contributed by atoms with E-state index in [-0.39, 0.29) is 108 Å². The Morgan fingerprint density at radius 1 is 0.449 bits per heavy atom. The Labute approximate surface area is 527 Å². The molecule has 4 N–H and O–H groups in total. The lowest BCUT2D eigenvalue weighted by molar-refractivity contribution is -0.158. The summed E-state index contributed by atoms with van der Waals surface area (Å²) in [6.07, 6.45) is 5.68. The lowest BCUT2D eigenvalue weighted by atomic mass is 9.83. The molecule has 0 fully saturated rings. The number of nitrogens with one attached hydrogen (secondary N) is 2. The zero-order valence-electron chi connectivity index (χ0n) is 56.1. The lowest BCUT2D eigenvalue weighted by Crippen LogP contribution is -2.51. The molecule has 0 aliphatic carbocycles. The van der Waals surface area contributed by atoms with Crippen LogP contribution in [0, 0.1) is 0 Å². The van der Waals surface area contributed by atoms with E-state index in [4.69, 9.17) is 33.6 Å². The fourth-order valence-electron chi connectivity index (χ4n) is 9.53. The Kier molecular flexibility index (Phi) is 27.4. The molecule has 3 rings (SSSR count). The second-order valence-electron chi connectivity index (χ2n) is 28.8. The zero-order chi connectivity index (χ0) is 67.6. The van der Waals surface area contributed by atoms with Crippen molar-refractivity contribution in [1.29, 1.82) is 0 Å².